The molecular formula is C21H23ClN2OS. The maximum atomic E-state index is 12.3. The van der Waals surface area contributed by atoms with Crippen molar-refractivity contribution in [3.05, 3.63) is 82.2 Å². The van der Waals surface area contributed by atoms with E-state index in [1.807, 2.05) is 45.0 Å². The Bertz CT molecular complexity index is 832. The third-order valence-corrected chi connectivity index (χ3v) is 5.54. The first-order valence-electron chi connectivity index (χ1n) is 8.27. The highest BCUT2D eigenvalue weighted by Gasteiger charge is 2.16. The summed E-state index contributed by atoms with van der Waals surface area (Å²) in [4.78, 5) is 17.1. The van der Waals surface area contributed by atoms with Gasteiger partial charge in [-0.1, -0.05) is 36.9 Å². The van der Waals surface area contributed by atoms with Crippen LogP contribution in [0.1, 0.15) is 32.8 Å². The van der Waals surface area contributed by atoms with Crippen LogP contribution in [0.25, 0.3) is 0 Å². The zero-order valence-electron chi connectivity index (χ0n) is 15.4. The van der Waals surface area contributed by atoms with Gasteiger partial charge in [0.2, 0.25) is 0 Å². The molecule has 1 aromatic carbocycles. The van der Waals surface area contributed by atoms with Crippen molar-refractivity contribution in [3.8, 4) is 0 Å². The smallest absolute Gasteiger partial charge is 0.251 e. The number of nitrogens with zero attached hydrogens (tertiary/aromatic N) is 1. The molecule has 136 valence electrons. The SMILES string of the molecule is C=CC1=C(C)NC(=O)/C(C)=C(/C)C(=C)CC(SCc2ccc(Cl)cc2)=N1. The minimum atomic E-state index is -0.132. The second-order valence-corrected chi connectivity index (χ2v) is 7.60. The molecule has 0 radical (unpaired) electrons. The van der Waals surface area contributed by atoms with Gasteiger partial charge in [0.25, 0.3) is 5.91 Å². The molecule has 0 saturated carbocycles. The number of halogens is 1. The van der Waals surface area contributed by atoms with E-state index in [4.69, 9.17) is 16.6 Å². The number of amides is 1. The Kier molecular flexibility index (Phi) is 7.06. The maximum absolute atomic E-state index is 12.3. The molecule has 0 aliphatic carbocycles. The van der Waals surface area contributed by atoms with Gasteiger partial charge in [-0.2, -0.15) is 0 Å². The summed E-state index contributed by atoms with van der Waals surface area (Å²) in [7, 11) is 0. The van der Waals surface area contributed by atoms with Gasteiger partial charge in [-0.15, -0.1) is 11.8 Å². The van der Waals surface area contributed by atoms with Crippen LogP contribution in [-0.4, -0.2) is 11.0 Å². The highest BCUT2D eigenvalue weighted by molar-refractivity contribution is 8.13. The molecule has 0 unspecified atom stereocenters. The Morgan fingerprint density at radius 1 is 1.23 bits per heavy atom. The zero-order valence-corrected chi connectivity index (χ0v) is 16.9. The predicted octanol–water partition coefficient (Wildman–Crippen LogP) is 5.80. The van der Waals surface area contributed by atoms with E-state index in [0.29, 0.717) is 23.4 Å². The summed E-state index contributed by atoms with van der Waals surface area (Å²) in [6, 6.07) is 7.79. The van der Waals surface area contributed by atoms with Crippen LogP contribution in [0.2, 0.25) is 5.02 Å². The lowest BCUT2D eigenvalue weighted by Gasteiger charge is -2.16. The maximum Gasteiger partial charge on any atom is 0.251 e. The van der Waals surface area contributed by atoms with Crippen LogP contribution in [0.3, 0.4) is 0 Å². The third kappa shape index (κ3) is 5.23. The Morgan fingerprint density at radius 3 is 2.50 bits per heavy atom. The van der Waals surface area contributed by atoms with Gasteiger partial charge in [-0.3, -0.25) is 4.79 Å². The molecule has 1 N–H and O–H groups in total. The number of benzene rings is 1. The van der Waals surface area contributed by atoms with E-state index in [9.17, 15) is 4.79 Å². The number of hydrogen-bond acceptors (Lipinski definition) is 3. The van der Waals surface area contributed by atoms with Gasteiger partial charge in [0, 0.05) is 28.5 Å². The van der Waals surface area contributed by atoms with Crippen molar-refractivity contribution in [2.75, 3.05) is 0 Å². The molecule has 26 heavy (non-hydrogen) atoms. The normalized spacial score (nSPS) is 19.2. The van der Waals surface area contributed by atoms with E-state index >= 15 is 0 Å². The third-order valence-electron chi connectivity index (χ3n) is 4.24. The van der Waals surface area contributed by atoms with Crippen molar-refractivity contribution in [2.24, 2.45) is 4.99 Å². The first kappa shape index (κ1) is 20.3. The average Bonchev–Trinajstić information content (AvgIpc) is 2.62. The Balaban J connectivity index is 2.34. The molecule has 3 nitrogen and oxygen atoms in total. The quantitative estimate of drug-likeness (QED) is 0.712. The van der Waals surface area contributed by atoms with Crippen molar-refractivity contribution in [2.45, 2.75) is 32.9 Å². The van der Waals surface area contributed by atoms with Crippen molar-refractivity contribution in [3.63, 3.8) is 0 Å². The minimum Gasteiger partial charge on any atom is -0.324 e. The van der Waals surface area contributed by atoms with Crippen molar-refractivity contribution in [1.29, 1.82) is 0 Å². The van der Waals surface area contributed by atoms with E-state index in [-0.39, 0.29) is 5.91 Å². The van der Waals surface area contributed by atoms with Gasteiger partial charge in [0.05, 0.1) is 10.7 Å². The number of hydrogen-bond donors (Lipinski definition) is 1. The van der Waals surface area contributed by atoms with Crippen molar-refractivity contribution in [1.82, 2.24) is 5.32 Å². The second kappa shape index (κ2) is 9.06. The van der Waals surface area contributed by atoms with Gasteiger partial charge in [0.15, 0.2) is 0 Å². The van der Waals surface area contributed by atoms with Crippen LogP contribution >= 0.6 is 23.4 Å². The molecule has 5 heteroatoms. The largest absolute Gasteiger partial charge is 0.324 e. The number of carbonyl (C=O) groups is 1. The second-order valence-electron chi connectivity index (χ2n) is 6.12. The highest BCUT2D eigenvalue weighted by Crippen LogP contribution is 2.26. The highest BCUT2D eigenvalue weighted by atomic mass is 35.5. The Labute approximate surface area is 164 Å². The molecule has 1 heterocycles. The summed E-state index contributed by atoms with van der Waals surface area (Å²) >= 11 is 7.60. The monoisotopic (exact) mass is 386 g/mol. The van der Waals surface area contributed by atoms with Crippen molar-refractivity contribution < 1.29 is 4.79 Å². The summed E-state index contributed by atoms with van der Waals surface area (Å²) in [5.74, 6) is 0.647. The first-order valence-corrected chi connectivity index (χ1v) is 9.63. The van der Waals surface area contributed by atoms with Crippen LogP contribution < -0.4 is 5.32 Å². The van der Waals surface area contributed by atoms with E-state index in [0.717, 1.165) is 27.0 Å². The summed E-state index contributed by atoms with van der Waals surface area (Å²) in [5.41, 5.74) is 4.98. The van der Waals surface area contributed by atoms with Crippen LogP contribution in [-0.2, 0) is 10.5 Å². The molecule has 0 atom stereocenters. The van der Waals surface area contributed by atoms with Crippen LogP contribution in [0.5, 0.6) is 0 Å². The number of thioether (sulfide) groups is 1. The van der Waals surface area contributed by atoms with Gasteiger partial charge < -0.3 is 5.32 Å². The molecule has 0 saturated heterocycles. The lowest BCUT2D eigenvalue weighted by atomic mass is 10.0. The molecule has 0 fully saturated rings. The minimum absolute atomic E-state index is 0.132. The fourth-order valence-corrected chi connectivity index (χ4v) is 3.46. The Morgan fingerprint density at radius 2 is 1.88 bits per heavy atom. The van der Waals surface area contributed by atoms with E-state index in [1.54, 1.807) is 17.8 Å². The Hall–Kier alpha value is -2.04. The van der Waals surface area contributed by atoms with Crippen molar-refractivity contribution >= 4 is 34.3 Å². The summed E-state index contributed by atoms with van der Waals surface area (Å²) in [5, 5.41) is 4.55. The molecular weight excluding hydrogens is 364 g/mol. The number of rotatable bonds is 3. The van der Waals surface area contributed by atoms with Gasteiger partial charge >= 0.3 is 0 Å². The van der Waals surface area contributed by atoms with Gasteiger partial charge in [-0.05, 0) is 55.7 Å². The fraction of sp³-hybridized carbons (Fsp3) is 0.238. The number of nitrogens with one attached hydrogen (secondary N) is 1. The van der Waals surface area contributed by atoms with Crippen LogP contribution in [0, 0.1) is 0 Å². The number of allylic oxidation sites excluding steroid dienone is 4. The molecule has 0 spiro atoms. The van der Waals surface area contributed by atoms with E-state index in [2.05, 4.69) is 18.5 Å². The van der Waals surface area contributed by atoms with Crippen LogP contribution in [0.15, 0.2) is 76.6 Å². The fourth-order valence-electron chi connectivity index (χ4n) is 2.37. The molecule has 1 amide bonds. The molecule has 1 aromatic rings. The van der Waals surface area contributed by atoms with E-state index in [1.165, 1.54) is 5.56 Å². The van der Waals surface area contributed by atoms with Crippen LogP contribution in [0.4, 0.5) is 0 Å². The lowest BCUT2D eigenvalue weighted by Crippen LogP contribution is -2.24. The molecule has 1 aliphatic rings. The number of aliphatic imine (C=N–C) groups is 1. The summed E-state index contributed by atoms with van der Waals surface area (Å²) in [6.07, 6.45) is 2.26. The standard InChI is InChI=1S/C21H23ClN2OS/c1-6-19-16(5)23-21(25)15(4)14(3)13(2)11-20(24-19)26-12-17-7-9-18(22)10-8-17/h6-10H,1-2,11-12H2,3-5H3,(H,23,25)/b15-14-,19-16?,24-20?. The molecule has 0 aromatic heterocycles. The zero-order chi connectivity index (χ0) is 19.3. The topological polar surface area (TPSA) is 41.5 Å². The molecule has 2 rings (SSSR count). The first-order chi connectivity index (χ1) is 12.3. The summed E-state index contributed by atoms with van der Waals surface area (Å²) < 4.78 is 0. The lowest BCUT2D eigenvalue weighted by molar-refractivity contribution is -0.116. The average molecular weight is 387 g/mol. The predicted molar refractivity (Wildman–Crippen MR) is 113 cm³/mol. The van der Waals surface area contributed by atoms with Gasteiger partial charge in [0.1, 0.15) is 0 Å². The number of carbonyl (C=O) groups excluding carboxylic acids is 1. The van der Waals surface area contributed by atoms with E-state index < -0.39 is 0 Å². The summed E-state index contributed by atoms with van der Waals surface area (Å²) in [6.45, 7) is 13.5. The van der Waals surface area contributed by atoms with Gasteiger partial charge in [-0.25, -0.2) is 4.99 Å². The molecule has 0 bridgehead atoms. The molecule has 1 aliphatic heterocycles.